The zero-order chi connectivity index (χ0) is 12.1. The van der Waals surface area contributed by atoms with Crippen LogP contribution in [-0.2, 0) is 4.79 Å². The van der Waals surface area contributed by atoms with E-state index in [0.29, 0.717) is 30.0 Å². The number of amides is 1. The van der Waals surface area contributed by atoms with Crippen LogP contribution in [0.15, 0.2) is 12.1 Å². The molecule has 1 fully saturated rings. The Balaban J connectivity index is 1.59. The van der Waals surface area contributed by atoms with Crippen molar-refractivity contribution in [1.82, 2.24) is 15.5 Å². The largest absolute Gasteiger partial charge is 0.369 e. The minimum absolute atomic E-state index is 0.136. The van der Waals surface area contributed by atoms with Crippen molar-refractivity contribution in [1.29, 1.82) is 0 Å². The van der Waals surface area contributed by atoms with Gasteiger partial charge >= 0.3 is 0 Å². The third-order valence-electron chi connectivity index (χ3n) is 2.46. The van der Waals surface area contributed by atoms with Crippen LogP contribution in [-0.4, -0.2) is 28.7 Å². The molecule has 92 valence electrons. The van der Waals surface area contributed by atoms with Crippen molar-refractivity contribution in [3.8, 4) is 0 Å². The molecule has 0 bridgehead atoms. The summed E-state index contributed by atoms with van der Waals surface area (Å²) in [5.74, 6) is 0.813. The molecule has 5 nitrogen and oxygen atoms in total. The van der Waals surface area contributed by atoms with E-state index in [1.165, 1.54) is 0 Å². The molecule has 1 heterocycles. The van der Waals surface area contributed by atoms with E-state index in [1.54, 1.807) is 12.1 Å². The molecular weight excluding hydrogens is 240 g/mol. The molecule has 1 amide bonds. The van der Waals surface area contributed by atoms with Gasteiger partial charge in [0.15, 0.2) is 5.15 Å². The van der Waals surface area contributed by atoms with Crippen molar-refractivity contribution < 1.29 is 4.79 Å². The Hall–Kier alpha value is -1.36. The summed E-state index contributed by atoms with van der Waals surface area (Å²) in [6, 6.07) is 3.88. The van der Waals surface area contributed by atoms with E-state index >= 15 is 0 Å². The number of aromatic nitrogens is 2. The zero-order valence-corrected chi connectivity index (χ0v) is 10.2. The van der Waals surface area contributed by atoms with Crippen LogP contribution in [0.2, 0.25) is 5.15 Å². The van der Waals surface area contributed by atoms with Crippen molar-refractivity contribution in [2.75, 3.05) is 11.9 Å². The third-order valence-corrected chi connectivity index (χ3v) is 2.66. The van der Waals surface area contributed by atoms with Gasteiger partial charge in [-0.2, -0.15) is 0 Å². The van der Waals surface area contributed by atoms with Gasteiger partial charge in [0.05, 0.1) is 0 Å². The highest BCUT2D eigenvalue weighted by molar-refractivity contribution is 6.29. The highest BCUT2D eigenvalue weighted by Crippen LogP contribution is 2.18. The summed E-state index contributed by atoms with van der Waals surface area (Å²) in [5.41, 5.74) is 0. The van der Waals surface area contributed by atoms with Gasteiger partial charge in [-0.15, -0.1) is 10.2 Å². The second-order valence-electron chi connectivity index (χ2n) is 4.11. The number of carbonyl (C=O) groups excluding carboxylic acids is 1. The van der Waals surface area contributed by atoms with Crippen LogP contribution in [0.4, 0.5) is 5.82 Å². The minimum atomic E-state index is 0.136. The molecule has 1 aliphatic carbocycles. The van der Waals surface area contributed by atoms with Gasteiger partial charge in [-0.3, -0.25) is 4.79 Å². The summed E-state index contributed by atoms with van der Waals surface area (Å²) in [4.78, 5) is 11.4. The molecule has 0 atom stereocenters. The Morgan fingerprint density at radius 2 is 2.24 bits per heavy atom. The number of hydrogen-bond acceptors (Lipinski definition) is 4. The van der Waals surface area contributed by atoms with E-state index in [0.717, 1.165) is 19.3 Å². The molecule has 2 N–H and O–H groups in total. The van der Waals surface area contributed by atoms with Gasteiger partial charge in [-0.05, 0) is 31.4 Å². The first-order chi connectivity index (χ1) is 8.24. The van der Waals surface area contributed by atoms with E-state index in [-0.39, 0.29) is 5.91 Å². The highest BCUT2D eigenvalue weighted by Gasteiger charge is 2.22. The van der Waals surface area contributed by atoms with Crippen molar-refractivity contribution in [2.24, 2.45) is 0 Å². The van der Waals surface area contributed by atoms with Crippen LogP contribution in [0.1, 0.15) is 25.7 Å². The average Bonchev–Trinajstić information content (AvgIpc) is 3.11. The smallest absolute Gasteiger partial charge is 0.220 e. The molecule has 0 unspecified atom stereocenters. The van der Waals surface area contributed by atoms with Crippen LogP contribution in [0.5, 0.6) is 0 Å². The van der Waals surface area contributed by atoms with Gasteiger partial charge in [0.25, 0.3) is 0 Å². The maximum atomic E-state index is 11.4. The lowest BCUT2D eigenvalue weighted by Gasteiger charge is -2.05. The number of carbonyl (C=O) groups is 1. The lowest BCUT2D eigenvalue weighted by molar-refractivity contribution is -0.121. The molecule has 1 saturated carbocycles. The molecule has 2 rings (SSSR count). The molecule has 0 spiro atoms. The van der Waals surface area contributed by atoms with Gasteiger partial charge in [-0.25, -0.2) is 0 Å². The maximum absolute atomic E-state index is 11.4. The Kier molecular flexibility index (Phi) is 4.14. The van der Waals surface area contributed by atoms with Crippen LogP contribution in [0, 0.1) is 0 Å². The molecule has 0 radical (unpaired) electrons. The van der Waals surface area contributed by atoms with Crippen LogP contribution < -0.4 is 10.6 Å². The lowest BCUT2D eigenvalue weighted by Crippen LogP contribution is -2.25. The van der Waals surface area contributed by atoms with Crippen molar-refractivity contribution in [3.63, 3.8) is 0 Å². The van der Waals surface area contributed by atoms with Crippen molar-refractivity contribution in [2.45, 2.75) is 31.7 Å². The molecule has 17 heavy (non-hydrogen) atoms. The number of rotatable bonds is 6. The van der Waals surface area contributed by atoms with E-state index in [4.69, 9.17) is 11.6 Å². The van der Waals surface area contributed by atoms with Crippen LogP contribution in [0.3, 0.4) is 0 Å². The maximum Gasteiger partial charge on any atom is 0.220 e. The first-order valence-electron chi connectivity index (χ1n) is 5.76. The average molecular weight is 255 g/mol. The van der Waals surface area contributed by atoms with Crippen LogP contribution >= 0.6 is 11.6 Å². The van der Waals surface area contributed by atoms with E-state index < -0.39 is 0 Å². The molecule has 1 aromatic rings. The molecule has 1 aromatic heterocycles. The van der Waals surface area contributed by atoms with Gasteiger partial charge in [0.1, 0.15) is 5.82 Å². The lowest BCUT2D eigenvalue weighted by atomic mass is 10.3. The van der Waals surface area contributed by atoms with Gasteiger partial charge in [0, 0.05) is 19.0 Å². The second-order valence-corrected chi connectivity index (χ2v) is 4.50. The molecular formula is C11H15ClN4O. The minimum Gasteiger partial charge on any atom is -0.369 e. The summed E-state index contributed by atoms with van der Waals surface area (Å²) >= 11 is 5.61. The zero-order valence-electron chi connectivity index (χ0n) is 9.45. The molecule has 6 heteroatoms. The number of nitrogens with zero attached hydrogens (tertiary/aromatic N) is 2. The predicted octanol–water partition coefficient (Wildman–Crippen LogP) is 1.60. The topological polar surface area (TPSA) is 66.9 Å². The number of anilines is 1. The standard InChI is InChI=1S/C11H15ClN4O/c12-9-5-6-10(16-15-9)13-7-1-2-11(17)14-8-3-4-8/h5-6,8H,1-4,7H2,(H,13,16)(H,14,17). The Morgan fingerprint density at radius 1 is 1.41 bits per heavy atom. The monoisotopic (exact) mass is 254 g/mol. The Morgan fingerprint density at radius 3 is 2.88 bits per heavy atom. The SMILES string of the molecule is O=C(CCCNc1ccc(Cl)nn1)NC1CC1. The van der Waals surface area contributed by atoms with Gasteiger partial charge in [-0.1, -0.05) is 11.6 Å². The van der Waals surface area contributed by atoms with Crippen molar-refractivity contribution >= 4 is 23.3 Å². The number of halogens is 1. The summed E-state index contributed by atoms with van der Waals surface area (Å²) in [6.07, 6.45) is 3.59. The number of nitrogens with one attached hydrogen (secondary N) is 2. The predicted molar refractivity (Wildman–Crippen MR) is 65.9 cm³/mol. The fourth-order valence-corrected chi connectivity index (χ4v) is 1.50. The normalized spacial score (nSPS) is 14.4. The Labute approximate surface area is 105 Å². The highest BCUT2D eigenvalue weighted by atomic mass is 35.5. The number of hydrogen-bond donors (Lipinski definition) is 2. The first-order valence-corrected chi connectivity index (χ1v) is 6.14. The molecule has 1 aliphatic rings. The summed E-state index contributed by atoms with van der Waals surface area (Å²) in [7, 11) is 0. The van der Waals surface area contributed by atoms with E-state index in [9.17, 15) is 4.79 Å². The van der Waals surface area contributed by atoms with Crippen molar-refractivity contribution in [3.05, 3.63) is 17.3 Å². The molecule has 0 aliphatic heterocycles. The van der Waals surface area contributed by atoms with Gasteiger partial charge in [0.2, 0.25) is 5.91 Å². The third kappa shape index (κ3) is 4.56. The van der Waals surface area contributed by atoms with Gasteiger partial charge < -0.3 is 10.6 Å². The van der Waals surface area contributed by atoms with E-state index in [1.807, 2.05) is 0 Å². The fourth-order valence-electron chi connectivity index (χ4n) is 1.40. The van der Waals surface area contributed by atoms with E-state index in [2.05, 4.69) is 20.8 Å². The summed E-state index contributed by atoms with van der Waals surface area (Å²) < 4.78 is 0. The summed E-state index contributed by atoms with van der Waals surface area (Å²) in [6.45, 7) is 0.703. The summed E-state index contributed by atoms with van der Waals surface area (Å²) in [5, 5.41) is 14.0. The quantitative estimate of drug-likeness (QED) is 0.757. The molecule has 0 saturated heterocycles. The molecule has 0 aromatic carbocycles. The van der Waals surface area contributed by atoms with Crippen LogP contribution in [0.25, 0.3) is 0 Å². The second kappa shape index (κ2) is 5.82. The Bertz CT molecular complexity index is 378. The first kappa shape index (κ1) is 12.1. The fraction of sp³-hybridized carbons (Fsp3) is 0.545.